The molecule has 0 heterocycles. The minimum atomic E-state index is -0.288. The van der Waals surface area contributed by atoms with Gasteiger partial charge < -0.3 is 9.84 Å². The van der Waals surface area contributed by atoms with E-state index in [2.05, 4.69) is 15.9 Å². The summed E-state index contributed by atoms with van der Waals surface area (Å²) in [6.07, 6.45) is 0.443. The van der Waals surface area contributed by atoms with E-state index in [1.807, 2.05) is 19.1 Å². The number of halogens is 1. The number of hydrogen-bond donors (Lipinski definition) is 1. The van der Waals surface area contributed by atoms with E-state index in [0.717, 1.165) is 5.56 Å². The molecule has 0 aliphatic rings. The van der Waals surface area contributed by atoms with Crippen LogP contribution in [-0.4, -0.2) is 17.2 Å². The highest BCUT2D eigenvalue weighted by atomic mass is 79.9. The van der Waals surface area contributed by atoms with Gasteiger partial charge in [0.2, 0.25) is 0 Å². The third-order valence-electron chi connectivity index (χ3n) is 2.18. The number of esters is 1. The summed E-state index contributed by atoms with van der Waals surface area (Å²) in [6, 6.07) is 7.11. The molecule has 1 unspecified atom stereocenters. The van der Waals surface area contributed by atoms with Crippen molar-refractivity contribution in [1.82, 2.24) is 0 Å². The number of aromatic hydroxyl groups is 1. The van der Waals surface area contributed by atoms with Gasteiger partial charge in [-0.3, -0.25) is 4.79 Å². The van der Waals surface area contributed by atoms with Crippen LogP contribution in [0, 0.1) is 0 Å². The van der Waals surface area contributed by atoms with Crippen LogP contribution < -0.4 is 0 Å². The summed E-state index contributed by atoms with van der Waals surface area (Å²) in [5.74, 6) is -0.0381. The number of alkyl halides is 1. The highest BCUT2D eigenvalue weighted by Gasteiger charge is 2.16. The van der Waals surface area contributed by atoms with Gasteiger partial charge in [-0.1, -0.05) is 34.1 Å². The largest absolute Gasteiger partial charge is 0.508 e. The van der Waals surface area contributed by atoms with Crippen molar-refractivity contribution in [2.24, 2.45) is 0 Å². The average Bonchev–Trinajstić information content (AvgIpc) is 2.16. The lowest BCUT2D eigenvalue weighted by molar-refractivity contribution is -0.145. The van der Waals surface area contributed by atoms with Crippen LogP contribution in [0.25, 0.3) is 0 Å². The van der Waals surface area contributed by atoms with E-state index in [1.165, 1.54) is 6.92 Å². The maximum atomic E-state index is 10.8. The Morgan fingerprint density at radius 2 is 2.12 bits per heavy atom. The summed E-state index contributed by atoms with van der Waals surface area (Å²) >= 11 is 3.48. The molecule has 0 radical (unpaired) electrons. The van der Waals surface area contributed by atoms with E-state index in [4.69, 9.17) is 4.74 Å². The SMILES string of the molecule is CC(=O)OC(C)C[C@H](Br)c1ccccc1O. The molecule has 0 bridgehead atoms. The third kappa shape index (κ3) is 3.85. The Morgan fingerprint density at radius 1 is 1.50 bits per heavy atom. The maximum Gasteiger partial charge on any atom is 0.302 e. The van der Waals surface area contributed by atoms with Crippen LogP contribution in [0.3, 0.4) is 0 Å². The van der Waals surface area contributed by atoms with Crippen molar-refractivity contribution in [2.45, 2.75) is 31.2 Å². The van der Waals surface area contributed by atoms with Gasteiger partial charge in [0.25, 0.3) is 0 Å². The Labute approximate surface area is 104 Å². The van der Waals surface area contributed by atoms with E-state index in [1.54, 1.807) is 12.1 Å². The molecule has 0 saturated heterocycles. The molecular formula is C12H15BrO3. The molecule has 4 heteroatoms. The van der Waals surface area contributed by atoms with Crippen molar-refractivity contribution in [3.8, 4) is 5.75 Å². The lowest BCUT2D eigenvalue weighted by Gasteiger charge is -2.17. The van der Waals surface area contributed by atoms with Gasteiger partial charge >= 0.3 is 5.97 Å². The standard InChI is InChI=1S/C12H15BrO3/c1-8(16-9(2)14)7-11(13)10-5-3-4-6-12(10)15/h3-6,8,11,15H,7H2,1-2H3/t8?,11-/m0/s1. The Morgan fingerprint density at radius 3 is 2.69 bits per heavy atom. The number of ether oxygens (including phenoxy) is 1. The number of para-hydroxylation sites is 1. The summed E-state index contributed by atoms with van der Waals surface area (Å²) in [5.41, 5.74) is 0.807. The Bertz CT molecular complexity index is 365. The van der Waals surface area contributed by atoms with Crippen molar-refractivity contribution in [1.29, 1.82) is 0 Å². The second kappa shape index (κ2) is 5.89. The lowest BCUT2D eigenvalue weighted by atomic mass is 10.1. The number of hydrogen-bond acceptors (Lipinski definition) is 3. The molecule has 0 amide bonds. The highest BCUT2D eigenvalue weighted by Crippen LogP contribution is 2.34. The molecule has 0 aliphatic heterocycles. The zero-order valence-corrected chi connectivity index (χ0v) is 10.9. The summed E-state index contributed by atoms with van der Waals surface area (Å²) in [7, 11) is 0. The molecule has 16 heavy (non-hydrogen) atoms. The minimum Gasteiger partial charge on any atom is -0.508 e. The molecule has 0 aromatic heterocycles. The molecule has 2 atom stereocenters. The lowest BCUT2D eigenvalue weighted by Crippen LogP contribution is -2.14. The van der Waals surface area contributed by atoms with Gasteiger partial charge in [-0.05, 0) is 13.0 Å². The first-order valence-electron chi connectivity index (χ1n) is 5.10. The Hall–Kier alpha value is -1.03. The van der Waals surface area contributed by atoms with E-state index in [-0.39, 0.29) is 22.6 Å². The van der Waals surface area contributed by atoms with Gasteiger partial charge in [0.15, 0.2) is 0 Å². The summed E-state index contributed by atoms with van der Waals surface area (Å²) in [6.45, 7) is 3.22. The van der Waals surface area contributed by atoms with Crippen molar-refractivity contribution in [3.63, 3.8) is 0 Å². The molecule has 0 spiro atoms. The Balaban J connectivity index is 2.62. The van der Waals surface area contributed by atoms with Gasteiger partial charge in [-0.15, -0.1) is 0 Å². The molecule has 0 fully saturated rings. The second-order valence-corrected chi connectivity index (χ2v) is 4.79. The van der Waals surface area contributed by atoms with Crippen LogP contribution in [-0.2, 0) is 9.53 Å². The predicted octanol–water partition coefficient (Wildman–Crippen LogP) is 3.17. The smallest absolute Gasteiger partial charge is 0.302 e. The van der Waals surface area contributed by atoms with Gasteiger partial charge in [0.1, 0.15) is 11.9 Å². The van der Waals surface area contributed by atoms with Crippen molar-refractivity contribution < 1.29 is 14.6 Å². The maximum absolute atomic E-state index is 10.8. The minimum absolute atomic E-state index is 0.0250. The third-order valence-corrected chi connectivity index (χ3v) is 3.05. The molecule has 1 N–H and O–H groups in total. The summed E-state index contributed by atoms with van der Waals surface area (Å²) in [5, 5.41) is 9.64. The number of carbonyl (C=O) groups is 1. The number of phenols is 1. The van der Waals surface area contributed by atoms with Crippen LogP contribution in [0.5, 0.6) is 5.75 Å². The van der Waals surface area contributed by atoms with Crippen LogP contribution in [0.15, 0.2) is 24.3 Å². The van der Waals surface area contributed by atoms with Crippen LogP contribution in [0.2, 0.25) is 0 Å². The average molecular weight is 287 g/mol. The summed E-state index contributed by atoms with van der Waals surface area (Å²) in [4.78, 5) is 10.7. The number of benzene rings is 1. The van der Waals surface area contributed by atoms with Crippen LogP contribution in [0.1, 0.15) is 30.7 Å². The van der Waals surface area contributed by atoms with Gasteiger partial charge in [-0.25, -0.2) is 0 Å². The molecule has 1 aromatic rings. The fourth-order valence-corrected chi connectivity index (χ4v) is 2.42. The molecule has 1 rings (SSSR count). The number of phenolic OH excluding ortho intramolecular Hbond substituents is 1. The van der Waals surface area contributed by atoms with E-state index in [0.29, 0.717) is 6.42 Å². The quantitative estimate of drug-likeness (QED) is 0.683. The molecule has 0 aliphatic carbocycles. The first-order valence-corrected chi connectivity index (χ1v) is 6.01. The zero-order chi connectivity index (χ0) is 12.1. The number of rotatable bonds is 4. The van der Waals surface area contributed by atoms with Gasteiger partial charge in [0, 0.05) is 23.7 Å². The van der Waals surface area contributed by atoms with E-state index < -0.39 is 0 Å². The van der Waals surface area contributed by atoms with E-state index in [9.17, 15) is 9.90 Å². The molecule has 0 saturated carbocycles. The monoisotopic (exact) mass is 286 g/mol. The topological polar surface area (TPSA) is 46.5 Å². The fraction of sp³-hybridized carbons (Fsp3) is 0.417. The van der Waals surface area contributed by atoms with E-state index >= 15 is 0 Å². The Kier molecular flexibility index (Phi) is 4.80. The molecule has 1 aromatic carbocycles. The highest BCUT2D eigenvalue weighted by molar-refractivity contribution is 9.09. The number of carbonyl (C=O) groups excluding carboxylic acids is 1. The molecule has 88 valence electrons. The van der Waals surface area contributed by atoms with Crippen molar-refractivity contribution >= 4 is 21.9 Å². The van der Waals surface area contributed by atoms with Gasteiger partial charge in [0.05, 0.1) is 0 Å². The normalized spacial score (nSPS) is 14.2. The van der Waals surface area contributed by atoms with Crippen molar-refractivity contribution in [2.75, 3.05) is 0 Å². The predicted molar refractivity (Wildman–Crippen MR) is 65.6 cm³/mol. The summed E-state index contributed by atoms with van der Waals surface area (Å²) < 4.78 is 5.03. The molecular weight excluding hydrogens is 272 g/mol. The van der Waals surface area contributed by atoms with Crippen LogP contribution >= 0.6 is 15.9 Å². The van der Waals surface area contributed by atoms with Crippen LogP contribution in [0.4, 0.5) is 0 Å². The first kappa shape index (κ1) is 13.0. The van der Waals surface area contributed by atoms with Gasteiger partial charge in [-0.2, -0.15) is 0 Å². The molecule has 3 nitrogen and oxygen atoms in total. The second-order valence-electron chi connectivity index (χ2n) is 3.68. The first-order chi connectivity index (χ1) is 7.50. The zero-order valence-electron chi connectivity index (χ0n) is 9.31. The fourth-order valence-electron chi connectivity index (χ4n) is 1.50. The van der Waals surface area contributed by atoms with Crippen molar-refractivity contribution in [3.05, 3.63) is 29.8 Å².